The van der Waals surface area contributed by atoms with E-state index in [9.17, 15) is 18.0 Å². The third-order valence-electron chi connectivity index (χ3n) is 2.02. The van der Waals surface area contributed by atoms with Crippen LogP contribution in [0.4, 0.5) is 13.2 Å². The maximum absolute atomic E-state index is 12.3. The van der Waals surface area contributed by atoms with E-state index in [2.05, 4.69) is 5.32 Å². The lowest BCUT2D eigenvalue weighted by molar-refractivity contribution is -0.142. The first-order chi connectivity index (χ1) is 7.38. The molecule has 0 aliphatic rings. The van der Waals surface area contributed by atoms with E-state index in [1.807, 2.05) is 0 Å². The van der Waals surface area contributed by atoms with Gasteiger partial charge in [0, 0.05) is 6.92 Å². The molecule has 1 aromatic carbocycles. The van der Waals surface area contributed by atoms with Crippen LogP contribution in [-0.4, -0.2) is 12.1 Å². The lowest BCUT2D eigenvalue weighted by Crippen LogP contribution is -2.30. The number of carbonyl (C=O) groups is 1. The Kier molecular flexibility index (Phi) is 3.93. The summed E-state index contributed by atoms with van der Waals surface area (Å²) in [4.78, 5) is 10.8. The van der Waals surface area contributed by atoms with E-state index in [0.717, 1.165) is 0 Å². The largest absolute Gasteiger partial charge is 0.391 e. The van der Waals surface area contributed by atoms with Crippen molar-refractivity contribution in [1.29, 1.82) is 0 Å². The molecule has 1 atom stereocenters. The van der Waals surface area contributed by atoms with Crippen molar-refractivity contribution in [2.75, 3.05) is 0 Å². The smallest absolute Gasteiger partial charge is 0.349 e. The molecule has 0 aromatic heterocycles. The molecule has 1 N–H and O–H groups in total. The van der Waals surface area contributed by atoms with Gasteiger partial charge in [0.25, 0.3) is 0 Å². The Morgan fingerprint density at radius 3 is 2.31 bits per heavy atom. The third-order valence-corrected chi connectivity index (χ3v) is 2.02. The summed E-state index contributed by atoms with van der Waals surface area (Å²) in [5.74, 6) is -0.474. The maximum atomic E-state index is 12.3. The Balaban J connectivity index is 2.84. The zero-order valence-electron chi connectivity index (χ0n) is 8.71. The van der Waals surface area contributed by atoms with Gasteiger partial charge in [-0.15, -0.1) is 0 Å². The van der Waals surface area contributed by atoms with Crippen LogP contribution < -0.4 is 5.32 Å². The molecule has 88 valence electrons. The lowest BCUT2D eigenvalue weighted by atomic mass is 10.0. The summed E-state index contributed by atoms with van der Waals surface area (Å²) in [6, 6.07) is 7.10. The van der Waals surface area contributed by atoms with Gasteiger partial charge in [0.1, 0.15) is 0 Å². The van der Waals surface area contributed by atoms with Crippen LogP contribution >= 0.6 is 0 Å². The predicted molar refractivity (Wildman–Crippen MR) is 53.7 cm³/mol. The average Bonchev–Trinajstić information content (AvgIpc) is 2.15. The van der Waals surface area contributed by atoms with Crippen molar-refractivity contribution in [3.05, 3.63) is 35.9 Å². The number of hydrogen-bond acceptors (Lipinski definition) is 1. The monoisotopic (exact) mass is 231 g/mol. The zero-order chi connectivity index (χ0) is 12.2. The topological polar surface area (TPSA) is 29.1 Å². The minimum Gasteiger partial charge on any atom is -0.349 e. The molecule has 1 unspecified atom stereocenters. The van der Waals surface area contributed by atoms with Crippen LogP contribution in [0.5, 0.6) is 0 Å². The highest BCUT2D eigenvalue weighted by Crippen LogP contribution is 2.29. The summed E-state index contributed by atoms with van der Waals surface area (Å²) >= 11 is 0. The maximum Gasteiger partial charge on any atom is 0.391 e. The molecule has 0 fully saturated rings. The van der Waals surface area contributed by atoms with E-state index in [-0.39, 0.29) is 0 Å². The van der Waals surface area contributed by atoms with Crippen LogP contribution in [0.3, 0.4) is 0 Å². The van der Waals surface area contributed by atoms with Gasteiger partial charge in [-0.2, -0.15) is 13.2 Å². The van der Waals surface area contributed by atoms with Gasteiger partial charge >= 0.3 is 6.18 Å². The van der Waals surface area contributed by atoms with E-state index >= 15 is 0 Å². The lowest BCUT2D eigenvalue weighted by Gasteiger charge is -2.19. The molecular weight excluding hydrogens is 219 g/mol. The number of rotatable bonds is 3. The summed E-state index contributed by atoms with van der Waals surface area (Å²) in [5, 5.41) is 2.29. The summed E-state index contributed by atoms with van der Waals surface area (Å²) in [5.41, 5.74) is 0.454. The number of amides is 1. The average molecular weight is 231 g/mol. The van der Waals surface area contributed by atoms with Gasteiger partial charge in [0.05, 0.1) is 12.5 Å². The van der Waals surface area contributed by atoms with Gasteiger partial charge in [-0.05, 0) is 5.56 Å². The number of halogens is 3. The first kappa shape index (κ1) is 12.5. The molecule has 1 amide bonds. The van der Waals surface area contributed by atoms with Crippen molar-refractivity contribution >= 4 is 5.91 Å². The molecule has 1 rings (SSSR count). The Morgan fingerprint density at radius 1 is 1.31 bits per heavy atom. The van der Waals surface area contributed by atoms with Crippen molar-refractivity contribution in [2.24, 2.45) is 0 Å². The number of hydrogen-bond donors (Lipinski definition) is 1. The van der Waals surface area contributed by atoms with Crippen LogP contribution in [0.25, 0.3) is 0 Å². The van der Waals surface area contributed by atoms with E-state index in [1.165, 1.54) is 6.92 Å². The highest BCUT2D eigenvalue weighted by atomic mass is 19.4. The molecule has 5 heteroatoms. The fraction of sp³-hybridized carbons (Fsp3) is 0.364. The quantitative estimate of drug-likeness (QED) is 0.851. The molecule has 2 nitrogen and oxygen atoms in total. The van der Waals surface area contributed by atoms with Crippen LogP contribution in [0.2, 0.25) is 0 Å². The predicted octanol–water partition coefficient (Wildman–Crippen LogP) is 2.82. The number of alkyl halides is 3. The first-order valence-electron chi connectivity index (χ1n) is 4.77. The molecule has 1 aromatic rings. The van der Waals surface area contributed by atoms with E-state index in [0.29, 0.717) is 5.56 Å². The van der Waals surface area contributed by atoms with Crippen LogP contribution in [0.1, 0.15) is 24.9 Å². The molecule has 0 aliphatic heterocycles. The molecule has 16 heavy (non-hydrogen) atoms. The molecular formula is C11H12F3NO. The molecule has 0 saturated carbocycles. The van der Waals surface area contributed by atoms with Crippen molar-refractivity contribution in [2.45, 2.75) is 25.6 Å². The normalized spacial score (nSPS) is 13.2. The fourth-order valence-corrected chi connectivity index (χ4v) is 1.41. The standard InChI is InChI=1S/C11H12F3NO/c1-8(16)15-10(7-11(12,13)14)9-5-3-2-4-6-9/h2-6,10H,7H2,1H3,(H,15,16). The van der Waals surface area contributed by atoms with Crippen molar-refractivity contribution < 1.29 is 18.0 Å². The molecule has 0 bridgehead atoms. The summed E-state index contributed by atoms with van der Waals surface area (Å²) < 4.78 is 36.9. The number of nitrogens with one attached hydrogen (secondary N) is 1. The van der Waals surface area contributed by atoms with Crippen LogP contribution in [0.15, 0.2) is 30.3 Å². The second-order valence-corrected chi connectivity index (χ2v) is 3.48. The highest BCUT2D eigenvalue weighted by Gasteiger charge is 2.32. The Bertz CT molecular complexity index is 348. The minimum absolute atomic E-state index is 0.454. The van der Waals surface area contributed by atoms with Gasteiger partial charge in [0.15, 0.2) is 0 Å². The van der Waals surface area contributed by atoms with Crippen molar-refractivity contribution in [3.63, 3.8) is 0 Å². The van der Waals surface area contributed by atoms with Gasteiger partial charge in [-0.25, -0.2) is 0 Å². The second kappa shape index (κ2) is 5.01. The van der Waals surface area contributed by atoms with E-state index in [1.54, 1.807) is 30.3 Å². The van der Waals surface area contributed by atoms with Crippen LogP contribution in [-0.2, 0) is 4.79 Å². The molecule has 0 aliphatic carbocycles. The summed E-state index contributed by atoms with van der Waals surface area (Å²) in [7, 11) is 0. The summed E-state index contributed by atoms with van der Waals surface area (Å²) in [6.45, 7) is 1.20. The minimum atomic E-state index is -4.30. The Labute approximate surface area is 91.5 Å². The van der Waals surface area contributed by atoms with Gasteiger partial charge < -0.3 is 5.32 Å². The first-order valence-corrected chi connectivity index (χ1v) is 4.77. The van der Waals surface area contributed by atoms with Crippen molar-refractivity contribution in [1.82, 2.24) is 5.32 Å². The zero-order valence-corrected chi connectivity index (χ0v) is 8.71. The van der Waals surface area contributed by atoms with Gasteiger partial charge in [-0.1, -0.05) is 30.3 Å². The molecule has 0 heterocycles. The van der Waals surface area contributed by atoms with Crippen LogP contribution in [0, 0.1) is 0 Å². The number of benzene rings is 1. The molecule has 0 spiro atoms. The fourth-order valence-electron chi connectivity index (χ4n) is 1.41. The molecule has 0 saturated heterocycles. The Hall–Kier alpha value is -1.52. The van der Waals surface area contributed by atoms with Crippen molar-refractivity contribution in [3.8, 4) is 0 Å². The van der Waals surface area contributed by atoms with E-state index in [4.69, 9.17) is 0 Å². The van der Waals surface area contributed by atoms with Gasteiger partial charge in [0.2, 0.25) is 5.91 Å². The molecule has 0 radical (unpaired) electrons. The highest BCUT2D eigenvalue weighted by molar-refractivity contribution is 5.73. The van der Waals surface area contributed by atoms with Gasteiger partial charge in [-0.3, -0.25) is 4.79 Å². The SMILES string of the molecule is CC(=O)NC(CC(F)(F)F)c1ccccc1. The second-order valence-electron chi connectivity index (χ2n) is 3.48. The Morgan fingerprint density at radius 2 is 1.88 bits per heavy atom. The third kappa shape index (κ3) is 4.33. The van der Waals surface area contributed by atoms with E-state index < -0.39 is 24.5 Å². The number of carbonyl (C=O) groups excluding carboxylic acids is 1. The summed E-state index contributed by atoms with van der Waals surface area (Å²) in [6.07, 6.45) is -5.36.